The van der Waals surface area contributed by atoms with Crippen molar-refractivity contribution in [3.63, 3.8) is 0 Å². The van der Waals surface area contributed by atoms with Crippen molar-refractivity contribution in [2.45, 2.75) is 13.3 Å². The van der Waals surface area contributed by atoms with Gasteiger partial charge >= 0.3 is 5.97 Å². The first-order valence-electron chi connectivity index (χ1n) is 4.73. The highest BCUT2D eigenvalue weighted by atomic mass is 16.7. The van der Waals surface area contributed by atoms with Crippen LogP contribution in [0.15, 0.2) is 24.3 Å². The summed E-state index contributed by atoms with van der Waals surface area (Å²) in [5, 5.41) is 0.519. The molecule has 0 unspecified atom stereocenters. The van der Waals surface area contributed by atoms with Gasteiger partial charge in [-0.1, -0.05) is 23.3 Å². The molecule has 0 saturated carbocycles. The SMILES string of the molecule is CC(=O)ON1C(=O)Cc2ccccc2C1=O. The molecule has 0 aliphatic carbocycles. The van der Waals surface area contributed by atoms with Gasteiger partial charge < -0.3 is 4.84 Å². The fraction of sp³-hybridized carbons (Fsp3) is 0.182. The Kier molecular flexibility index (Phi) is 2.44. The van der Waals surface area contributed by atoms with Crippen LogP contribution < -0.4 is 0 Å². The fourth-order valence-electron chi connectivity index (χ4n) is 1.56. The second-order valence-electron chi connectivity index (χ2n) is 3.41. The first-order valence-corrected chi connectivity index (χ1v) is 4.73. The maximum Gasteiger partial charge on any atom is 0.330 e. The molecule has 1 aromatic carbocycles. The summed E-state index contributed by atoms with van der Waals surface area (Å²) in [6, 6.07) is 6.75. The first-order chi connectivity index (χ1) is 7.59. The minimum atomic E-state index is -0.693. The van der Waals surface area contributed by atoms with Crippen molar-refractivity contribution in [1.29, 1.82) is 0 Å². The van der Waals surface area contributed by atoms with Gasteiger partial charge in [0.05, 0.1) is 6.42 Å². The van der Waals surface area contributed by atoms with E-state index in [9.17, 15) is 14.4 Å². The summed E-state index contributed by atoms with van der Waals surface area (Å²) in [4.78, 5) is 38.6. The van der Waals surface area contributed by atoms with E-state index in [-0.39, 0.29) is 6.42 Å². The topological polar surface area (TPSA) is 63.7 Å². The van der Waals surface area contributed by atoms with Gasteiger partial charge in [-0.3, -0.25) is 9.59 Å². The Bertz CT molecular complexity index is 481. The number of hydroxylamine groups is 2. The van der Waals surface area contributed by atoms with E-state index < -0.39 is 17.8 Å². The quantitative estimate of drug-likeness (QED) is 0.652. The number of rotatable bonds is 1. The van der Waals surface area contributed by atoms with Crippen LogP contribution in [0.3, 0.4) is 0 Å². The van der Waals surface area contributed by atoms with Gasteiger partial charge in [-0.25, -0.2) is 4.79 Å². The van der Waals surface area contributed by atoms with E-state index >= 15 is 0 Å². The van der Waals surface area contributed by atoms with Gasteiger partial charge in [-0.2, -0.15) is 0 Å². The molecule has 0 spiro atoms. The zero-order valence-corrected chi connectivity index (χ0v) is 8.60. The van der Waals surface area contributed by atoms with Crippen LogP contribution in [0.25, 0.3) is 0 Å². The van der Waals surface area contributed by atoms with Gasteiger partial charge in [0.25, 0.3) is 11.8 Å². The van der Waals surface area contributed by atoms with Gasteiger partial charge in [0.1, 0.15) is 0 Å². The molecule has 5 heteroatoms. The molecule has 2 amide bonds. The smallest absolute Gasteiger partial charge is 0.330 e. The highest BCUT2D eigenvalue weighted by Gasteiger charge is 2.33. The summed E-state index contributed by atoms with van der Waals surface area (Å²) in [5.74, 6) is -1.82. The highest BCUT2D eigenvalue weighted by Crippen LogP contribution is 2.19. The van der Waals surface area contributed by atoms with Crippen molar-refractivity contribution in [2.75, 3.05) is 0 Å². The first kappa shape index (κ1) is 10.4. The van der Waals surface area contributed by atoms with Gasteiger partial charge in [-0.15, -0.1) is 0 Å². The lowest BCUT2D eigenvalue weighted by Crippen LogP contribution is -2.43. The summed E-state index contributed by atoms with van der Waals surface area (Å²) < 4.78 is 0. The Labute approximate surface area is 91.6 Å². The summed E-state index contributed by atoms with van der Waals surface area (Å²) in [6.45, 7) is 1.14. The van der Waals surface area contributed by atoms with Crippen molar-refractivity contribution in [3.8, 4) is 0 Å². The molecule has 0 bridgehead atoms. The van der Waals surface area contributed by atoms with Gasteiger partial charge in [0, 0.05) is 12.5 Å². The fourth-order valence-corrected chi connectivity index (χ4v) is 1.56. The molecule has 0 saturated heterocycles. The molecule has 0 atom stereocenters. The number of nitrogens with zero attached hydrogens (tertiary/aromatic N) is 1. The van der Waals surface area contributed by atoms with Crippen LogP contribution in [0.4, 0.5) is 0 Å². The van der Waals surface area contributed by atoms with Crippen molar-refractivity contribution < 1.29 is 19.2 Å². The molecule has 1 aliphatic heterocycles. The van der Waals surface area contributed by atoms with Gasteiger partial charge in [-0.05, 0) is 11.6 Å². The number of hydrogen-bond acceptors (Lipinski definition) is 4. The van der Waals surface area contributed by atoms with Crippen LogP contribution in [0.1, 0.15) is 22.8 Å². The normalized spacial score (nSPS) is 14.7. The Morgan fingerprint density at radius 3 is 2.69 bits per heavy atom. The van der Waals surface area contributed by atoms with E-state index in [1.165, 1.54) is 0 Å². The van der Waals surface area contributed by atoms with Crippen molar-refractivity contribution in [1.82, 2.24) is 5.06 Å². The zero-order chi connectivity index (χ0) is 11.7. The number of imide groups is 1. The third kappa shape index (κ3) is 1.67. The number of fused-ring (bicyclic) bond motifs is 1. The second-order valence-corrected chi connectivity index (χ2v) is 3.41. The van der Waals surface area contributed by atoms with Crippen LogP contribution in [-0.2, 0) is 20.8 Å². The molecule has 5 nitrogen and oxygen atoms in total. The van der Waals surface area contributed by atoms with Crippen molar-refractivity contribution in [2.24, 2.45) is 0 Å². The maximum atomic E-state index is 11.8. The molecular weight excluding hydrogens is 210 g/mol. The molecule has 1 heterocycles. The number of amides is 2. The number of hydrogen-bond donors (Lipinski definition) is 0. The molecule has 16 heavy (non-hydrogen) atoms. The van der Waals surface area contributed by atoms with Gasteiger partial charge in [0.2, 0.25) is 0 Å². The van der Waals surface area contributed by atoms with E-state index in [0.29, 0.717) is 16.2 Å². The average molecular weight is 219 g/mol. The third-order valence-electron chi connectivity index (χ3n) is 2.22. The van der Waals surface area contributed by atoms with E-state index in [4.69, 9.17) is 0 Å². The lowest BCUT2D eigenvalue weighted by atomic mass is 10.00. The standard InChI is InChI=1S/C11H9NO4/c1-7(13)16-12-10(14)6-8-4-2-3-5-9(8)11(12)15/h2-5H,6H2,1H3. The Morgan fingerprint density at radius 1 is 1.31 bits per heavy atom. The molecular formula is C11H9NO4. The molecule has 0 radical (unpaired) electrons. The zero-order valence-electron chi connectivity index (χ0n) is 8.60. The van der Waals surface area contributed by atoms with Crippen LogP contribution in [-0.4, -0.2) is 22.8 Å². The Morgan fingerprint density at radius 2 is 2.00 bits per heavy atom. The predicted octanol–water partition coefficient (Wildman–Crippen LogP) is 0.690. The number of carbonyl (C=O) groups is 3. The molecule has 1 aliphatic rings. The maximum absolute atomic E-state index is 11.8. The Balaban J connectivity index is 2.38. The Hall–Kier alpha value is -2.17. The molecule has 0 fully saturated rings. The summed E-state index contributed by atoms with van der Waals surface area (Å²) in [7, 11) is 0. The van der Waals surface area contributed by atoms with Gasteiger partial charge in [0.15, 0.2) is 0 Å². The lowest BCUT2D eigenvalue weighted by molar-refractivity contribution is -0.185. The van der Waals surface area contributed by atoms with Crippen LogP contribution in [0.5, 0.6) is 0 Å². The minimum absolute atomic E-state index is 0.0647. The van der Waals surface area contributed by atoms with Crippen molar-refractivity contribution in [3.05, 3.63) is 35.4 Å². The van der Waals surface area contributed by atoms with Crippen LogP contribution in [0, 0.1) is 0 Å². The van der Waals surface area contributed by atoms with E-state index in [1.807, 2.05) is 0 Å². The van der Waals surface area contributed by atoms with Crippen LogP contribution in [0.2, 0.25) is 0 Å². The average Bonchev–Trinajstić information content (AvgIpc) is 2.24. The number of carbonyl (C=O) groups excluding carboxylic acids is 3. The third-order valence-corrected chi connectivity index (χ3v) is 2.22. The molecule has 1 aromatic rings. The molecule has 2 rings (SSSR count). The minimum Gasteiger partial charge on any atom is -0.330 e. The highest BCUT2D eigenvalue weighted by molar-refractivity contribution is 6.09. The molecule has 82 valence electrons. The van der Waals surface area contributed by atoms with E-state index in [1.54, 1.807) is 24.3 Å². The predicted molar refractivity (Wildman–Crippen MR) is 53.1 cm³/mol. The van der Waals surface area contributed by atoms with Crippen LogP contribution >= 0.6 is 0 Å². The van der Waals surface area contributed by atoms with E-state index in [2.05, 4.69) is 4.84 Å². The monoisotopic (exact) mass is 219 g/mol. The second kappa shape index (κ2) is 3.77. The molecule has 0 N–H and O–H groups in total. The van der Waals surface area contributed by atoms with E-state index in [0.717, 1.165) is 6.92 Å². The molecule has 0 aromatic heterocycles. The number of benzene rings is 1. The summed E-state index contributed by atoms with van der Waals surface area (Å²) >= 11 is 0. The largest absolute Gasteiger partial charge is 0.330 e. The summed E-state index contributed by atoms with van der Waals surface area (Å²) in [5.41, 5.74) is 1.05. The van der Waals surface area contributed by atoms with Crippen molar-refractivity contribution >= 4 is 17.8 Å². The summed E-state index contributed by atoms with van der Waals surface area (Å²) in [6.07, 6.45) is 0.0647. The lowest BCUT2D eigenvalue weighted by Gasteiger charge is -2.24.